The third kappa shape index (κ3) is 4.93. The van der Waals surface area contributed by atoms with Gasteiger partial charge in [0.15, 0.2) is 5.60 Å². The molecule has 0 spiro atoms. The number of hydrogen-bond donors (Lipinski definition) is 1. The zero-order chi connectivity index (χ0) is 26.1. The highest BCUT2D eigenvalue weighted by Crippen LogP contribution is 2.46. The zero-order valence-corrected chi connectivity index (χ0v) is 18.5. The van der Waals surface area contributed by atoms with Gasteiger partial charge in [0.25, 0.3) is 0 Å². The van der Waals surface area contributed by atoms with Gasteiger partial charge in [-0.25, -0.2) is 13.5 Å². The molecule has 0 aliphatic carbocycles. The predicted molar refractivity (Wildman–Crippen MR) is 112 cm³/mol. The van der Waals surface area contributed by atoms with E-state index in [1.165, 1.54) is 6.07 Å². The van der Waals surface area contributed by atoms with E-state index in [0.717, 1.165) is 35.4 Å². The van der Waals surface area contributed by atoms with Gasteiger partial charge in [-0.1, -0.05) is 11.8 Å². The minimum Gasteiger partial charge on any atom is -0.377 e. The van der Waals surface area contributed by atoms with Crippen LogP contribution in [0, 0.1) is 23.5 Å². The Morgan fingerprint density at radius 2 is 1.75 bits per heavy atom. The van der Waals surface area contributed by atoms with Crippen LogP contribution in [0.25, 0.3) is 0 Å². The van der Waals surface area contributed by atoms with E-state index in [1.807, 2.05) is 0 Å². The molecule has 0 saturated heterocycles. The summed E-state index contributed by atoms with van der Waals surface area (Å²) in [6.45, 7) is -1.02. The lowest BCUT2D eigenvalue weighted by Crippen LogP contribution is -2.48. The number of benzene rings is 1. The third-order valence-corrected chi connectivity index (χ3v) is 6.02. The summed E-state index contributed by atoms with van der Waals surface area (Å²) in [7, 11) is 0. The van der Waals surface area contributed by atoms with E-state index >= 15 is 8.78 Å². The van der Waals surface area contributed by atoms with E-state index in [9.17, 15) is 27.1 Å². The van der Waals surface area contributed by atoms with Gasteiger partial charge in [0.2, 0.25) is 0 Å². The molecule has 3 heterocycles. The average Bonchev–Trinajstić information content (AvgIpc) is 3.50. The van der Waals surface area contributed by atoms with Crippen molar-refractivity contribution in [1.82, 2.24) is 25.2 Å². The Bertz CT molecular complexity index is 1430. The molecule has 0 saturated carbocycles. The van der Waals surface area contributed by atoms with Crippen LogP contribution in [0.3, 0.4) is 0 Å². The van der Waals surface area contributed by atoms with Crippen molar-refractivity contribution in [1.29, 1.82) is 0 Å². The summed E-state index contributed by atoms with van der Waals surface area (Å²) >= 11 is 0.419. The number of thiophene rings is 1. The highest BCUT2D eigenvalue weighted by molar-refractivity contribution is 7.12. The molecule has 0 amide bonds. The normalized spacial score (nSPS) is 13.7. The molecule has 6 nitrogen and oxygen atoms in total. The molecule has 0 bridgehead atoms. The molecular formula is C22H12F7N5OS. The van der Waals surface area contributed by atoms with Crippen molar-refractivity contribution in [3.8, 4) is 11.8 Å². The minimum absolute atomic E-state index is 0.0912. The average molecular weight is 527 g/mol. The van der Waals surface area contributed by atoms with Gasteiger partial charge in [0.1, 0.15) is 28.5 Å². The maximum absolute atomic E-state index is 15.7. The van der Waals surface area contributed by atoms with Crippen LogP contribution in [-0.4, -0.2) is 30.3 Å². The Balaban J connectivity index is 1.67. The maximum atomic E-state index is 15.7. The van der Waals surface area contributed by atoms with Crippen molar-refractivity contribution < 1.29 is 35.8 Å². The highest BCUT2D eigenvalue weighted by atomic mass is 32.1. The minimum atomic E-state index is -4.51. The van der Waals surface area contributed by atoms with Crippen LogP contribution in [0.1, 0.15) is 26.6 Å². The lowest BCUT2D eigenvalue weighted by atomic mass is 9.84. The number of halogens is 7. The van der Waals surface area contributed by atoms with E-state index in [0.29, 0.717) is 29.5 Å². The van der Waals surface area contributed by atoms with Crippen molar-refractivity contribution in [3.63, 3.8) is 0 Å². The van der Waals surface area contributed by atoms with Crippen molar-refractivity contribution in [3.05, 3.63) is 93.2 Å². The molecule has 1 atom stereocenters. The maximum Gasteiger partial charge on any atom is 0.425 e. The number of tetrazole rings is 1. The SMILES string of the molecule is OC(Cn1cnnn1)(c1ccc(F)cc1F)C(F)(F)c1ccc(C#Cc2ccc(C(F)(F)F)s2)cn1. The summed E-state index contributed by atoms with van der Waals surface area (Å²) in [5, 5.41) is 21.1. The molecule has 1 aromatic carbocycles. The molecule has 1 N–H and O–H groups in total. The standard InChI is InChI=1S/C22H12F7N5OS/c23-14-3-6-16(17(24)9-14)20(35,11-34-12-31-32-33-34)21(25,26)18-7-2-13(10-30-18)1-4-15-5-8-19(36-15)22(27,28)29/h2-3,5-10,12,35H,11H2. The highest BCUT2D eigenvalue weighted by Gasteiger charge is 2.58. The molecule has 36 heavy (non-hydrogen) atoms. The number of pyridine rings is 1. The number of hydrogen-bond acceptors (Lipinski definition) is 6. The molecule has 186 valence electrons. The summed E-state index contributed by atoms with van der Waals surface area (Å²) in [4.78, 5) is 2.89. The largest absolute Gasteiger partial charge is 0.425 e. The number of aromatic nitrogens is 5. The van der Waals surface area contributed by atoms with Crippen molar-refractivity contribution >= 4 is 11.3 Å². The van der Waals surface area contributed by atoms with Gasteiger partial charge < -0.3 is 5.11 Å². The van der Waals surface area contributed by atoms with Crippen LogP contribution in [0.4, 0.5) is 30.7 Å². The predicted octanol–water partition coefficient (Wildman–Crippen LogP) is 4.51. The zero-order valence-electron chi connectivity index (χ0n) is 17.6. The van der Waals surface area contributed by atoms with Gasteiger partial charge in [0.05, 0.1) is 11.4 Å². The number of rotatable bonds is 5. The second kappa shape index (κ2) is 9.32. The Morgan fingerprint density at radius 1 is 0.972 bits per heavy atom. The fourth-order valence-electron chi connectivity index (χ4n) is 3.22. The number of nitrogens with zero attached hydrogens (tertiary/aromatic N) is 5. The first kappa shape index (κ1) is 25.3. The molecule has 1 unspecified atom stereocenters. The Hall–Kier alpha value is -3.83. The fraction of sp³-hybridized carbons (Fsp3) is 0.182. The van der Waals surface area contributed by atoms with E-state index in [1.54, 1.807) is 0 Å². The van der Waals surface area contributed by atoms with Crippen molar-refractivity contribution in [2.75, 3.05) is 0 Å². The molecule has 4 aromatic rings. The Morgan fingerprint density at radius 3 is 2.33 bits per heavy atom. The van der Waals surface area contributed by atoms with Gasteiger partial charge in [-0.2, -0.15) is 22.0 Å². The second-order valence-corrected chi connectivity index (χ2v) is 8.49. The molecule has 0 radical (unpaired) electrons. The molecule has 0 aliphatic heterocycles. The van der Waals surface area contributed by atoms with E-state index in [-0.39, 0.29) is 10.4 Å². The van der Waals surface area contributed by atoms with E-state index in [2.05, 4.69) is 32.4 Å². The topological polar surface area (TPSA) is 76.7 Å². The fourth-order valence-corrected chi connectivity index (χ4v) is 3.95. The van der Waals surface area contributed by atoms with Crippen LogP contribution >= 0.6 is 11.3 Å². The van der Waals surface area contributed by atoms with Gasteiger partial charge in [-0.15, -0.1) is 16.4 Å². The molecule has 4 rings (SSSR count). The summed E-state index contributed by atoms with van der Waals surface area (Å²) < 4.78 is 98.1. The summed E-state index contributed by atoms with van der Waals surface area (Å²) in [6, 6.07) is 5.71. The summed E-state index contributed by atoms with van der Waals surface area (Å²) in [6.07, 6.45) is -2.67. The number of alkyl halides is 5. The van der Waals surface area contributed by atoms with Crippen LogP contribution < -0.4 is 0 Å². The van der Waals surface area contributed by atoms with E-state index in [4.69, 9.17) is 0 Å². The Kier molecular flexibility index (Phi) is 6.54. The molecule has 3 aromatic heterocycles. The molecule has 0 fully saturated rings. The van der Waals surface area contributed by atoms with Gasteiger partial charge in [0, 0.05) is 23.4 Å². The van der Waals surface area contributed by atoms with E-state index < -0.39 is 52.0 Å². The molecular weight excluding hydrogens is 515 g/mol. The summed E-state index contributed by atoms with van der Waals surface area (Å²) in [5.74, 6) is -1.71. The van der Waals surface area contributed by atoms with Gasteiger partial charge in [-0.3, -0.25) is 4.98 Å². The van der Waals surface area contributed by atoms with Gasteiger partial charge >= 0.3 is 12.1 Å². The molecule has 0 aliphatic rings. The van der Waals surface area contributed by atoms with Gasteiger partial charge in [-0.05, 0) is 46.8 Å². The second-order valence-electron chi connectivity index (χ2n) is 7.41. The van der Waals surface area contributed by atoms with Crippen LogP contribution in [0.2, 0.25) is 0 Å². The number of aliphatic hydroxyl groups is 1. The van der Waals surface area contributed by atoms with Crippen LogP contribution in [0.5, 0.6) is 0 Å². The first-order valence-corrected chi connectivity index (χ1v) is 10.6. The smallest absolute Gasteiger partial charge is 0.377 e. The van der Waals surface area contributed by atoms with Crippen molar-refractivity contribution in [2.24, 2.45) is 0 Å². The van der Waals surface area contributed by atoms with Crippen LogP contribution in [0.15, 0.2) is 55.0 Å². The molecule has 14 heteroatoms. The monoisotopic (exact) mass is 527 g/mol. The lowest BCUT2D eigenvalue weighted by molar-refractivity contribution is -0.207. The van der Waals surface area contributed by atoms with Crippen LogP contribution in [-0.2, 0) is 24.2 Å². The Labute approximate surface area is 202 Å². The summed E-state index contributed by atoms with van der Waals surface area (Å²) in [5.41, 5.74) is -5.12. The third-order valence-electron chi connectivity index (χ3n) is 4.98. The lowest BCUT2D eigenvalue weighted by Gasteiger charge is -2.35. The quantitative estimate of drug-likeness (QED) is 0.306. The first-order chi connectivity index (χ1) is 16.9. The first-order valence-electron chi connectivity index (χ1n) is 9.82. The van der Waals surface area contributed by atoms with Crippen molar-refractivity contribution in [2.45, 2.75) is 24.2 Å².